The molecule has 1 aromatic carbocycles. The van der Waals surface area contributed by atoms with E-state index in [4.69, 9.17) is 14.7 Å². The molecule has 0 aliphatic carbocycles. The highest BCUT2D eigenvalue weighted by molar-refractivity contribution is 9.10. The van der Waals surface area contributed by atoms with E-state index in [1.54, 1.807) is 0 Å². The van der Waals surface area contributed by atoms with Gasteiger partial charge in [0.1, 0.15) is 13.2 Å². The molecule has 1 heterocycles. The SMILES string of the molecule is CN(CC#N)Cc1cc2c(cc1Br)OCCO2. The van der Waals surface area contributed by atoms with Gasteiger partial charge in [0.15, 0.2) is 11.5 Å². The lowest BCUT2D eigenvalue weighted by molar-refractivity contribution is 0.171. The molecule has 0 radical (unpaired) electrons. The van der Waals surface area contributed by atoms with Crippen molar-refractivity contribution in [3.8, 4) is 17.6 Å². The van der Waals surface area contributed by atoms with Crippen molar-refractivity contribution in [1.29, 1.82) is 5.26 Å². The van der Waals surface area contributed by atoms with E-state index in [1.165, 1.54) is 0 Å². The monoisotopic (exact) mass is 296 g/mol. The molecule has 0 spiro atoms. The van der Waals surface area contributed by atoms with E-state index < -0.39 is 0 Å². The Morgan fingerprint density at radius 2 is 2.00 bits per heavy atom. The summed E-state index contributed by atoms with van der Waals surface area (Å²) in [5.41, 5.74) is 1.09. The summed E-state index contributed by atoms with van der Waals surface area (Å²) >= 11 is 3.51. The molecule has 0 saturated carbocycles. The highest BCUT2D eigenvalue weighted by Gasteiger charge is 2.15. The van der Waals surface area contributed by atoms with Gasteiger partial charge in [-0.05, 0) is 24.7 Å². The average Bonchev–Trinajstić information content (AvgIpc) is 2.30. The molecular weight excluding hydrogens is 284 g/mol. The molecule has 0 fully saturated rings. The molecule has 0 bridgehead atoms. The number of nitrogens with zero attached hydrogens (tertiary/aromatic N) is 2. The van der Waals surface area contributed by atoms with Gasteiger partial charge in [-0.2, -0.15) is 5.26 Å². The molecule has 1 aliphatic heterocycles. The first-order valence-corrected chi connectivity index (χ1v) is 6.13. The standard InChI is InChI=1S/C12H13BrN2O2/c1-15(3-2-14)8-9-6-11-12(7-10(9)13)17-5-4-16-11/h6-7H,3-5,8H2,1H3. The Morgan fingerprint density at radius 3 is 2.65 bits per heavy atom. The largest absolute Gasteiger partial charge is 0.486 e. The molecule has 1 aliphatic rings. The summed E-state index contributed by atoms with van der Waals surface area (Å²) in [4.78, 5) is 1.94. The molecule has 0 saturated heterocycles. The minimum atomic E-state index is 0.404. The zero-order valence-electron chi connectivity index (χ0n) is 9.57. The van der Waals surface area contributed by atoms with Crippen LogP contribution in [0.4, 0.5) is 0 Å². The van der Waals surface area contributed by atoms with Gasteiger partial charge in [0.2, 0.25) is 0 Å². The summed E-state index contributed by atoms with van der Waals surface area (Å²) in [5.74, 6) is 1.55. The maximum Gasteiger partial charge on any atom is 0.162 e. The van der Waals surface area contributed by atoms with E-state index in [9.17, 15) is 0 Å². The van der Waals surface area contributed by atoms with Gasteiger partial charge in [-0.15, -0.1) is 0 Å². The van der Waals surface area contributed by atoms with E-state index in [-0.39, 0.29) is 0 Å². The molecule has 0 amide bonds. The fourth-order valence-electron chi connectivity index (χ4n) is 1.69. The number of hydrogen-bond acceptors (Lipinski definition) is 4. The number of benzene rings is 1. The highest BCUT2D eigenvalue weighted by Crippen LogP contribution is 2.35. The van der Waals surface area contributed by atoms with Crippen molar-refractivity contribution < 1.29 is 9.47 Å². The Labute approximate surface area is 109 Å². The second-order valence-corrected chi connectivity index (χ2v) is 4.77. The Bertz CT molecular complexity index is 457. The van der Waals surface area contributed by atoms with Gasteiger partial charge in [0, 0.05) is 11.0 Å². The topological polar surface area (TPSA) is 45.5 Å². The van der Waals surface area contributed by atoms with Gasteiger partial charge in [0.25, 0.3) is 0 Å². The van der Waals surface area contributed by atoms with Crippen LogP contribution in [-0.2, 0) is 6.54 Å². The molecule has 90 valence electrons. The van der Waals surface area contributed by atoms with Gasteiger partial charge < -0.3 is 9.47 Å². The quantitative estimate of drug-likeness (QED) is 0.802. The normalized spacial score (nSPS) is 13.5. The first-order chi connectivity index (χ1) is 8.20. The van der Waals surface area contributed by atoms with E-state index in [2.05, 4.69) is 22.0 Å². The van der Waals surface area contributed by atoms with Crippen LogP contribution < -0.4 is 9.47 Å². The van der Waals surface area contributed by atoms with Gasteiger partial charge >= 0.3 is 0 Å². The van der Waals surface area contributed by atoms with Crippen molar-refractivity contribution >= 4 is 15.9 Å². The van der Waals surface area contributed by atoms with Crippen LogP contribution in [0.25, 0.3) is 0 Å². The molecule has 0 unspecified atom stereocenters. The first-order valence-electron chi connectivity index (χ1n) is 5.34. The predicted molar refractivity (Wildman–Crippen MR) is 67.1 cm³/mol. The molecular formula is C12H13BrN2O2. The smallest absolute Gasteiger partial charge is 0.162 e. The molecule has 0 aromatic heterocycles. The summed E-state index contributed by atoms with van der Waals surface area (Å²) in [6.45, 7) is 2.28. The Balaban J connectivity index is 2.20. The van der Waals surface area contributed by atoms with Crippen LogP contribution in [0.5, 0.6) is 11.5 Å². The minimum Gasteiger partial charge on any atom is -0.486 e. The van der Waals surface area contributed by atoms with Crippen LogP contribution in [0.2, 0.25) is 0 Å². The lowest BCUT2D eigenvalue weighted by atomic mass is 10.2. The second-order valence-electron chi connectivity index (χ2n) is 3.92. The molecule has 5 heteroatoms. The number of fused-ring (bicyclic) bond motifs is 1. The molecule has 17 heavy (non-hydrogen) atoms. The Kier molecular flexibility index (Phi) is 3.87. The lowest BCUT2D eigenvalue weighted by Crippen LogP contribution is -2.19. The molecule has 1 aromatic rings. The summed E-state index contributed by atoms with van der Waals surface area (Å²) in [7, 11) is 1.91. The predicted octanol–water partition coefficient (Wildman–Crippen LogP) is 2.18. The fourth-order valence-corrected chi connectivity index (χ4v) is 2.14. The Hall–Kier alpha value is -1.25. The first kappa shape index (κ1) is 12.2. The number of hydrogen-bond donors (Lipinski definition) is 0. The van der Waals surface area contributed by atoms with Crippen LogP contribution in [0.15, 0.2) is 16.6 Å². The van der Waals surface area contributed by atoms with Gasteiger partial charge in [-0.3, -0.25) is 4.90 Å². The van der Waals surface area contributed by atoms with Crippen molar-refractivity contribution in [2.45, 2.75) is 6.54 Å². The zero-order chi connectivity index (χ0) is 12.3. The average molecular weight is 297 g/mol. The molecule has 0 atom stereocenters. The van der Waals surface area contributed by atoms with Gasteiger partial charge in [-0.1, -0.05) is 15.9 Å². The zero-order valence-corrected chi connectivity index (χ0v) is 11.2. The summed E-state index contributed by atoms with van der Waals surface area (Å²) in [6.07, 6.45) is 0. The highest BCUT2D eigenvalue weighted by atomic mass is 79.9. The van der Waals surface area contributed by atoms with E-state index in [0.717, 1.165) is 21.5 Å². The Morgan fingerprint density at radius 1 is 1.35 bits per heavy atom. The lowest BCUT2D eigenvalue weighted by Gasteiger charge is -2.21. The number of rotatable bonds is 3. The fraction of sp³-hybridized carbons (Fsp3) is 0.417. The summed E-state index contributed by atoms with van der Waals surface area (Å²) < 4.78 is 12.0. The number of nitriles is 1. The van der Waals surface area contributed by atoms with Crippen LogP contribution in [0.3, 0.4) is 0 Å². The van der Waals surface area contributed by atoms with Crippen LogP contribution >= 0.6 is 15.9 Å². The molecule has 2 rings (SSSR count). The third-order valence-corrected chi connectivity index (χ3v) is 3.23. The van der Waals surface area contributed by atoms with Crippen molar-refractivity contribution in [3.05, 3.63) is 22.2 Å². The second kappa shape index (κ2) is 5.39. The van der Waals surface area contributed by atoms with E-state index in [1.807, 2.05) is 24.1 Å². The summed E-state index contributed by atoms with van der Waals surface area (Å²) in [5, 5.41) is 8.63. The maximum absolute atomic E-state index is 8.63. The third-order valence-electron chi connectivity index (χ3n) is 2.49. The minimum absolute atomic E-state index is 0.404. The van der Waals surface area contributed by atoms with E-state index in [0.29, 0.717) is 26.3 Å². The third kappa shape index (κ3) is 2.90. The van der Waals surface area contributed by atoms with Crippen molar-refractivity contribution in [2.75, 3.05) is 26.8 Å². The van der Waals surface area contributed by atoms with Crippen molar-refractivity contribution in [1.82, 2.24) is 4.90 Å². The molecule has 4 nitrogen and oxygen atoms in total. The number of ether oxygens (including phenoxy) is 2. The van der Waals surface area contributed by atoms with Gasteiger partial charge in [-0.25, -0.2) is 0 Å². The summed E-state index contributed by atoms with van der Waals surface area (Å²) in [6, 6.07) is 6.01. The van der Waals surface area contributed by atoms with Crippen LogP contribution in [0, 0.1) is 11.3 Å². The van der Waals surface area contributed by atoms with Crippen LogP contribution in [0.1, 0.15) is 5.56 Å². The molecule has 0 N–H and O–H groups in total. The maximum atomic E-state index is 8.63. The van der Waals surface area contributed by atoms with E-state index >= 15 is 0 Å². The number of halogens is 1. The van der Waals surface area contributed by atoms with Gasteiger partial charge in [0.05, 0.1) is 12.6 Å². The van der Waals surface area contributed by atoms with Crippen molar-refractivity contribution in [2.24, 2.45) is 0 Å². The van der Waals surface area contributed by atoms with Crippen molar-refractivity contribution in [3.63, 3.8) is 0 Å². The van der Waals surface area contributed by atoms with Crippen LogP contribution in [-0.4, -0.2) is 31.7 Å².